The highest BCUT2D eigenvalue weighted by atomic mass is 31.2. The average molecular weight is 633 g/mol. The van der Waals surface area contributed by atoms with Gasteiger partial charge in [0.15, 0.2) is 6.10 Å². The fourth-order valence-corrected chi connectivity index (χ4v) is 5.26. The molecule has 0 bridgehead atoms. The zero-order valence-corrected chi connectivity index (χ0v) is 28.5. The summed E-state index contributed by atoms with van der Waals surface area (Å²) in [4.78, 5) is 42.5. The summed E-state index contributed by atoms with van der Waals surface area (Å²) in [5.74, 6) is -0.891. The van der Waals surface area contributed by atoms with Crippen LogP contribution in [0.25, 0.3) is 0 Å². The highest BCUT2D eigenvalue weighted by molar-refractivity contribution is 7.46. The Bertz CT molecular complexity index is 721. The van der Waals surface area contributed by atoms with Crippen LogP contribution >= 0.6 is 7.82 Å². The lowest BCUT2D eigenvalue weighted by atomic mass is 10.0. The molecule has 0 saturated carbocycles. The van der Waals surface area contributed by atoms with Crippen molar-refractivity contribution < 1.29 is 37.9 Å². The molecule has 0 aromatic heterocycles. The third kappa shape index (κ3) is 33.5. The van der Waals surface area contributed by atoms with Crippen molar-refractivity contribution in [2.45, 2.75) is 180 Å². The van der Waals surface area contributed by atoms with Crippen molar-refractivity contribution in [1.29, 1.82) is 0 Å². The number of unbranched alkanes of at least 4 members (excludes halogenated alkanes) is 20. The summed E-state index contributed by atoms with van der Waals surface area (Å²) in [6.45, 7) is 3.64. The van der Waals surface area contributed by atoms with Gasteiger partial charge in [-0.3, -0.25) is 14.1 Å². The van der Waals surface area contributed by atoms with Gasteiger partial charge in [0.05, 0.1) is 6.61 Å². The van der Waals surface area contributed by atoms with Gasteiger partial charge in [-0.1, -0.05) is 135 Å². The van der Waals surface area contributed by atoms with Crippen molar-refractivity contribution in [2.75, 3.05) is 13.2 Å². The molecule has 43 heavy (non-hydrogen) atoms. The fraction of sp³-hybridized carbons (Fsp3) is 0.882. The van der Waals surface area contributed by atoms with Gasteiger partial charge >= 0.3 is 19.8 Å². The number of hydrogen-bond acceptors (Lipinski definition) is 6. The lowest BCUT2D eigenvalue weighted by molar-refractivity contribution is -0.161. The van der Waals surface area contributed by atoms with E-state index in [1.165, 1.54) is 83.5 Å². The minimum absolute atomic E-state index is 0.215. The number of allylic oxidation sites excluding steroid dienone is 2. The van der Waals surface area contributed by atoms with Crippen LogP contribution < -0.4 is 0 Å². The van der Waals surface area contributed by atoms with Gasteiger partial charge < -0.3 is 19.3 Å². The minimum Gasteiger partial charge on any atom is -0.462 e. The van der Waals surface area contributed by atoms with E-state index < -0.39 is 32.5 Å². The number of carbonyl (C=O) groups is 2. The van der Waals surface area contributed by atoms with Gasteiger partial charge in [-0.15, -0.1) is 0 Å². The first-order chi connectivity index (χ1) is 20.8. The van der Waals surface area contributed by atoms with Crippen LogP contribution in [0.3, 0.4) is 0 Å². The largest absolute Gasteiger partial charge is 0.469 e. The highest BCUT2D eigenvalue weighted by Gasteiger charge is 2.22. The van der Waals surface area contributed by atoms with Crippen LogP contribution in [0.15, 0.2) is 12.2 Å². The third-order valence-electron chi connectivity index (χ3n) is 7.53. The number of phosphoric ester groups is 1. The summed E-state index contributed by atoms with van der Waals surface area (Å²) in [6.07, 6.45) is 30.7. The maximum atomic E-state index is 12.3. The van der Waals surface area contributed by atoms with E-state index in [1.54, 1.807) is 0 Å². The summed E-state index contributed by atoms with van der Waals surface area (Å²) in [7, 11) is -4.74. The summed E-state index contributed by atoms with van der Waals surface area (Å²) in [6, 6.07) is 0. The molecule has 0 fully saturated rings. The number of carbonyl (C=O) groups excluding carboxylic acids is 2. The van der Waals surface area contributed by atoms with Crippen LogP contribution in [0, 0.1) is 0 Å². The maximum Gasteiger partial charge on any atom is 0.469 e. The molecule has 0 aliphatic carbocycles. The molecule has 9 heteroatoms. The van der Waals surface area contributed by atoms with E-state index in [9.17, 15) is 14.2 Å². The van der Waals surface area contributed by atoms with Crippen LogP contribution in [0.5, 0.6) is 0 Å². The first-order valence-corrected chi connectivity index (χ1v) is 19.0. The molecule has 0 aliphatic heterocycles. The Balaban J connectivity index is 4.00. The molecular weight excluding hydrogens is 567 g/mol. The summed E-state index contributed by atoms with van der Waals surface area (Å²) >= 11 is 0. The SMILES string of the molecule is CCCCCC/C=C/CCCCCCCC(=O)OC[C@H](COP(=O)(O)O)OC(=O)CCCCCCCCCCCCCC. The van der Waals surface area contributed by atoms with E-state index in [-0.39, 0.29) is 19.4 Å². The zero-order valence-electron chi connectivity index (χ0n) is 27.6. The quantitative estimate of drug-likeness (QED) is 0.0325. The van der Waals surface area contributed by atoms with E-state index in [0.29, 0.717) is 12.8 Å². The fourth-order valence-electron chi connectivity index (χ4n) is 4.90. The van der Waals surface area contributed by atoms with Gasteiger partial charge in [0.2, 0.25) is 0 Å². The monoisotopic (exact) mass is 632 g/mol. The highest BCUT2D eigenvalue weighted by Crippen LogP contribution is 2.36. The standard InChI is InChI=1S/C34H65O8P/c1-3-5-7-9-11-13-15-17-19-20-22-24-26-28-33(35)40-30-32(31-41-43(37,38)39)42-34(36)29-27-25-23-21-18-16-14-12-10-8-6-4-2/h13,15,32H,3-12,14,16-31H2,1-2H3,(H2,37,38,39)/b15-13+/t32-/m1/s1. The number of rotatable bonds is 32. The normalized spacial score (nSPS) is 12.6. The molecule has 1 atom stereocenters. The molecule has 0 saturated heterocycles. The molecule has 0 radical (unpaired) electrons. The van der Waals surface area contributed by atoms with Crippen molar-refractivity contribution in [3.05, 3.63) is 12.2 Å². The molecular formula is C34H65O8P. The topological polar surface area (TPSA) is 119 Å². The number of esters is 2. The first-order valence-electron chi connectivity index (χ1n) is 17.5. The number of ether oxygens (including phenoxy) is 2. The van der Waals surface area contributed by atoms with Crippen LogP contribution in [0.1, 0.15) is 174 Å². The molecule has 0 aliphatic rings. The van der Waals surface area contributed by atoms with E-state index in [0.717, 1.165) is 51.4 Å². The average Bonchev–Trinajstić information content (AvgIpc) is 2.97. The van der Waals surface area contributed by atoms with Crippen molar-refractivity contribution >= 4 is 19.8 Å². The molecule has 0 rings (SSSR count). The second kappa shape index (κ2) is 30.8. The lowest BCUT2D eigenvalue weighted by Gasteiger charge is -2.18. The molecule has 0 heterocycles. The zero-order chi connectivity index (χ0) is 31.9. The smallest absolute Gasteiger partial charge is 0.462 e. The second-order valence-corrected chi connectivity index (χ2v) is 13.1. The molecule has 2 N–H and O–H groups in total. The van der Waals surface area contributed by atoms with E-state index in [2.05, 4.69) is 30.5 Å². The van der Waals surface area contributed by atoms with E-state index in [1.807, 2.05) is 0 Å². The van der Waals surface area contributed by atoms with Gasteiger partial charge in [0, 0.05) is 12.8 Å². The minimum atomic E-state index is -4.74. The van der Waals surface area contributed by atoms with Crippen LogP contribution in [0.4, 0.5) is 0 Å². The van der Waals surface area contributed by atoms with Gasteiger partial charge in [-0.2, -0.15) is 0 Å². The molecule has 0 spiro atoms. The Labute approximate surface area is 263 Å². The van der Waals surface area contributed by atoms with Crippen LogP contribution in [-0.2, 0) is 28.2 Å². The second-order valence-electron chi connectivity index (χ2n) is 11.8. The molecule has 254 valence electrons. The van der Waals surface area contributed by atoms with Crippen LogP contribution in [-0.4, -0.2) is 41.0 Å². The summed E-state index contributed by atoms with van der Waals surface area (Å²) in [5.41, 5.74) is 0. The van der Waals surface area contributed by atoms with Gasteiger partial charge in [0.25, 0.3) is 0 Å². The summed E-state index contributed by atoms with van der Waals surface area (Å²) in [5, 5.41) is 0. The molecule has 8 nitrogen and oxygen atoms in total. The maximum absolute atomic E-state index is 12.3. The Hall–Kier alpha value is -1.21. The molecule has 0 aromatic carbocycles. The third-order valence-corrected chi connectivity index (χ3v) is 8.02. The predicted octanol–water partition coefficient (Wildman–Crippen LogP) is 9.90. The van der Waals surface area contributed by atoms with Crippen molar-refractivity contribution in [3.8, 4) is 0 Å². The van der Waals surface area contributed by atoms with Crippen molar-refractivity contribution in [3.63, 3.8) is 0 Å². The predicted molar refractivity (Wildman–Crippen MR) is 175 cm³/mol. The number of phosphoric acid groups is 1. The lowest BCUT2D eigenvalue weighted by Crippen LogP contribution is -2.29. The van der Waals surface area contributed by atoms with Crippen molar-refractivity contribution in [1.82, 2.24) is 0 Å². The van der Waals surface area contributed by atoms with E-state index >= 15 is 0 Å². The first kappa shape index (κ1) is 41.8. The van der Waals surface area contributed by atoms with Gasteiger partial charge in [0.1, 0.15) is 6.61 Å². The van der Waals surface area contributed by atoms with Crippen molar-refractivity contribution in [2.24, 2.45) is 0 Å². The Kier molecular flexibility index (Phi) is 29.9. The van der Waals surface area contributed by atoms with E-state index in [4.69, 9.17) is 19.3 Å². The Morgan fingerprint density at radius 3 is 1.44 bits per heavy atom. The summed E-state index contributed by atoms with van der Waals surface area (Å²) < 4.78 is 26.2. The molecule has 0 amide bonds. The van der Waals surface area contributed by atoms with Crippen LogP contribution in [0.2, 0.25) is 0 Å². The number of hydrogen-bond donors (Lipinski definition) is 2. The Morgan fingerprint density at radius 1 is 0.581 bits per heavy atom. The van der Waals surface area contributed by atoms with Gasteiger partial charge in [-0.05, 0) is 38.5 Å². The Morgan fingerprint density at radius 2 is 0.977 bits per heavy atom. The molecule has 0 aromatic rings. The van der Waals surface area contributed by atoms with Gasteiger partial charge in [-0.25, -0.2) is 4.57 Å². The molecule has 0 unspecified atom stereocenters.